The number of aryl methyl sites for hydroxylation is 1. The number of hydrogen-bond acceptors (Lipinski definition) is 5. The van der Waals surface area contributed by atoms with E-state index in [0.717, 1.165) is 18.9 Å². The molecular weight excluding hydrogens is 391 g/mol. The zero-order valence-corrected chi connectivity index (χ0v) is 15.0. The van der Waals surface area contributed by atoms with Gasteiger partial charge < -0.3 is 5.32 Å². The highest BCUT2D eigenvalue weighted by molar-refractivity contribution is 6.04. The first kappa shape index (κ1) is 18.8. The number of nitro benzene ring substituents is 1. The number of amides is 1. The van der Waals surface area contributed by atoms with E-state index in [1.807, 2.05) is 0 Å². The zero-order valence-electron chi connectivity index (χ0n) is 15.0. The molecule has 0 bridgehead atoms. The predicted molar refractivity (Wildman–Crippen MR) is 95.8 cm³/mol. The van der Waals surface area contributed by atoms with Crippen LogP contribution >= 0.6 is 0 Å². The molecule has 1 aromatic carbocycles. The number of aromatic nitrogens is 3. The lowest BCUT2D eigenvalue weighted by Gasteiger charge is -2.10. The minimum atomic E-state index is -4.65. The van der Waals surface area contributed by atoms with Crippen LogP contribution in [0.5, 0.6) is 0 Å². The Balaban J connectivity index is 1.69. The molecule has 1 fully saturated rings. The second kappa shape index (κ2) is 6.54. The number of rotatable bonds is 4. The van der Waals surface area contributed by atoms with Gasteiger partial charge in [-0.25, -0.2) is 9.50 Å². The van der Waals surface area contributed by atoms with Crippen LogP contribution in [-0.4, -0.2) is 25.4 Å². The fraction of sp³-hybridized carbons (Fsp3) is 0.278. The number of nitro groups is 1. The maximum atomic E-state index is 13.5. The number of nitrogens with zero attached hydrogens (tertiary/aromatic N) is 4. The Bertz CT molecular complexity index is 1150. The minimum absolute atomic E-state index is 0.00367. The topological polar surface area (TPSA) is 102 Å². The first-order valence-corrected chi connectivity index (χ1v) is 8.68. The summed E-state index contributed by atoms with van der Waals surface area (Å²) in [5, 5.41) is 17.1. The van der Waals surface area contributed by atoms with Gasteiger partial charge >= 0.3 is 6.18 Å². The van der Waals surface area contributed by atoms with Gasteiger partial charge in [-0.2, -0.15) is 18.3 Å². The van der Waals surface area contributed by atoms with Crippen LogP contribution in [0.25, 0.3) is 5.65 Å². The van der Waals surface area contributed by atoms with Crippen LogP contribution in [0, 0.1) is 17.0 Å². The van der Waals surface area contributed by atoms with Crippen molar-refractivity contribution >= 4 is 22.9 Å². The van der Waals surface area contributed by atoms with Gasteiger partial charge in [0.25, 0.3) is 11.6 Å². The van der Waals surface area contributed by atoms with Crippen molar-refractivity contribution in [1.82, 2.24) is 14.6 Å². The molecule has 150 valence electrons. The van der Waals surface area contributed by atoms with E-state index in [2.05, 4.69) is 15.4 Å². The van der Waals surface area contributed by atoms with Gasteiger partial charge in [-0.05, 0) is 37.5 Å². The fourth-order valence-electron chi connectivity index (χ4n) is 2.98. The largest absolute Gasteiger partial charge is 0.433 e. The number of carbonyl (C=O) groups excluding carboxylic acids is 1. The highest BCUT2D eigenvalue weighted by Crippen LogP contribution is 2.41. The predicted octanol–water partition coefficient (Wildman–Crippen LogP) is 4.09. The third-order valence-corrected chi connectivity index (χ3v) is 4.63. The van der Waals surface area contributed by atoms with Gasteiger partial charge in [0.05, 0.1) is 4.92 Å². The van der Waals surface area contributed by atoms with Gasteiger partial charge in [0.1, 0.15) is 5.69 Å². The molecular formula is C18H14F3N5O3. The third kappa shape index (κ3) is 3.62. The molecule has 0 aliphatic heterocycles. The maximum absolute atomic E-state index is 13.5. The second-order valence-corrected chi connectivity index (χ2v) is 6.85. The summed E-state index contributed by atoms with van der Waals surface area (Å²) in [6.45, 7) is 1.57. The number of hydrogen-bond donors (Lipinski definition) is 1. The number of anilines is 1. The summed E-state index contributed by atoms with van der Waals surface area (Å²) >= 11 is 0. The van der Waals surface area contributed by atoms with Gasteiger partial charge in [-0.3, -0.25) is 14.9 Å². The quantitative estimate of drug-likeness (QED) is 0.520. The standard InChI is InChI=1S/C18H14F3N5O3/c1-9-6-11(26(28)29)4-5-12(9)23-17(27)14-8-16-22-13(10-2-3-10)7-15(18(19,20)21)25(16)24-14/h4-8,10H,2-3H2,1H3,(H,23,27). The fourth-order valence-corrected chi connectivity index (χ4v) is 2.98. The van der Waals surface area contributed by atoms with E-state index in [0.29, 0.717) is 21.5 Å². The molecule has 4 rings (SSSR count). The Morgan fingerprint density at radius 2 is 2.00 bits per heavy atom. The van der Waals surface area contributed by atoms with E-state index in [-0.39, 0.29) is 22.9 Å². The molecule has 1 N–H and O–H groups in total. The Kier molecular flexibility index (Phi) is 4.25. The zero-order chi connectivity index (χ0) is 20.9. The van der Waals surface area contributed by atoms with Crippen LogP contribution in [0.4, 0.5) is 24.5 Å². The van der Waals surface area contributed by atoms with Gasteiger partial charge in [0.2, 0.25) is 0 Å². The summed E-state index contributed by atoms with van der Waals surface area (Å²) < 4.78 is 41.0. The van der Waals surface area contributed by atoms with Crippen LogP contribution in [0.3, 0.4) is 0 Å². The summed E-state index contributed by atoms with van der Waals surface area (Å²) in [5.74, 6) is -0.746. The Hall–Kier alpha value is -3.50. The van der Waals surface area contributed by atoms with Crippen molar-refractivity contribution in [3.8, 4) is 0 Å². The van der Waals surface area contributed by atoms with Crippen LogP contribution in [0.1, 0.15) is 46.2 Å². The van der Waals surface area contributed by atoms with Crippen molar-refractivity contribution in [1.29, 1.82) is 0 Å². The Morgan fingerprint density at radius 1 is 1.28 bits per heavy atom. The van der Waals surface area contributed by atoms with E-state index in [1.165, 1.54) is 24.3 Å². The van der Waals surface area contributed by atoms with Crippen molar-refractivity contribution in [2.75, 3.05) is 5.32 Å². The summed E-state index contributed by atoms with van der Waals surface area (Å²) in [5.41, 5.74) is -0.375. The van der Waals surface area contributed by atoms with Crippen molar-refractivity contribution in [2.24, 2.45) is 0 Å². The summed E-state index contributed by atoms with van der Waals surface area (Å²) in [4.78, 5) is 27.0. The third-order valence-electron chi connectivity index (χ3n) is 4.63. The molecule has 29 heavy (non-hydrogen) atoms. The number of benzene rings is 1. The SMILES string of the molecule is Cc1cc([N+](=O)[O-])ccc1NC(=O)c1cc2nc(C3CC3)cc(C(F)(F)F)n2n1. The number of non-ortho nitro benzene ring substituents is 1. The van der Waals surface area contributed by atoms with Gasteiger partial charge in [0.15, 0.2) is 11.3 Å². The molecule has 0 atom stereocenters. The van der Waals surface area contributed by atoms with E-state index < -0.39 is 22.7 Å². The number of alkyl halides is 3. The summed E-state index contributed by atoms with van der Waals surface area (Å²) in [7, 11) is 0. The summed E-state index contributed by atoms with van der Waals surface area (Å²) in [6.07, 6.45) is -3.09. The molecule has 0 unspecified atom stereocenters. The molecule has 2 heterocycles. The van der Waals surface area contributed by atoms with Crippen molar-refractivity contribution < 1.29 is 22.9 Å². The second-order valence-electron chi connectivity index (χ2n) is 6.85. The molecule has 11 heteroatoms. The molecule has 0 spiro atoms. The highest BCUT2D eigenvalue weighted by Gasteiger charge is 2.37. The number of nitrogens with one attached hydrogen (secondary N) is 1. The van der Waals surface area contributed by atoms with E-state index in [9.17, 15) is 28.1 Å². The number of halogens is 3. The molecule has 1 saturated carbocycles. The minimum Gasteiger partial charge on any atom is -0.320 e. The Morgan fingerprint density at radius 3 is 2.59 bits per heavy atom. The van der Waals surface area contributed by atoms with Crippen molar-refractivity contribution in [2.45, 2.75) is 31.9 Å². The van der Waals surface area contributed by atoms with Crippen LogP contribution in [-0.2, 0) is 6.18 Å². The molecule has 8 nitrogen and oxygen atoms in total. The molecule has 3 aromatic rings. The van der Waals surface area contributed by atoms with Crippen LogP contribution in [0.2, 0.25) is 0 Å². The molecule has 0 saturated heterocycles. The molecule has 1 aliphatic carbocycles. The number of carbonyl (C=O) groups is 1. The lowest BCUT2D eigenvalue weighted by Crippen LogP contribution is -2.16. The van der Waals surface area contributed by atoms with E-state index in [4.69, 9.17) is 0 Å². The molecule has 1 amide bonds. The van der Waals surface area contributed by atoms with Crippen LogP contribution < -0.4 is 5.32 Å². The van der Waals surface area contributed by atoms with Gasteiger partial charge in [-0.1, -0.05) is 0 Å². The van der Waals surface area contributed by atoms with Crippen LogP contribution in [0.15, 0.2) is 30.3 Å². The maximum Gasteiger partial charge on any atom is 0.433 e. The monoisotopic (exact) mass is 405 g/mol. The normalized spacial score (nSPS) is 14.2. The van der Waals surface area contributed by atoms with E-state index >= 15 is 0 Å². The first-order chi connectivity index (χ1) is 13.6. The molecule has 2 aromatic heterocycles. The smallest absolute Gasteiger partial charge is 0.320 e. The van der Waals surface area contributed by atoms with Gasteiger partial charge in [-0.15, -0.1) is 0 Å². The van der Waals surface area contributed by atoms with Crippen molar-refractivity contribution in [3.63, 3.8) is 0 Å². The first-order valence-electron chi connectivity index (χ1n) is 8.68. The number of fused-ring (bicyclic) bond motifs is 1. The van der Waals surface area contributed by atoms with Gasteiger partial charge in [0, 0.05) is 35.5 Å². The lowest BCUT2D eigenvalue weighted by atomic mass is 10.1. The average molecular weight is 405 g/mol. The summed E-state index contributed by atoms with van der Waals surface area (Å²) in [6, 6.07) is 6.02. The Labute approximate surface area is 161 Å². The van der Waals surface area contributed by atoms with E-state index in [1.54, 1.807) is 6.92 Å². The average Bonchev–Trinajstić information content (AvgIpc) is 3.40. The highest BCUT2D eigenvalue weighted by atomic mass is 19.4. The molecule has 0 radical (unpaired) electrons. The molecule has 1 aliphatic rings. The van der Waals surface area contributed by atoms with Crippen molar-refractivity contribution in [3.05, 3.63) is 63.1 Å². The lowest BCUT2D eigenvalue weighted by molar-refractivity contribution is -0.384.